The number of rotatable bonds is 8. The van der Waals surface area contributed by atoms with Crippen LogP contribution in [-0.4, -0.2) is 21.3 Å². The van der Waals surface area contributed by atoms with E-state index in [1.54, 1.807) is 0 Å². The first-order valence-corrected chi connectivity index (χ1v) is 7.40. The summed E-state index contributed by atoms with van der Waals surface area (Å²) in [6, 6.07) is 0. The highest BCUT2D eigenvalue weighted by atomic mass is 32.2. The molecule has 0 amide bonds. The van der Waals surface area contributed by atoms with Crippen molar-refractivity contribution in [3.8, 4) is 0 Å². The molecular formula is C10H22N4S2. The summed E-state index contributed by atoms with van der Waals surface area (Å²) in [5.74, 6) is 0.770. The zero-order valence-electron chi connectivity index (χ0n) is 9.79. The first-order valence-electron chi connectivity index (χ1n) is 5.53. The second-order valence-electron chi connectivity index (χ2n) is 3.63. The molecule has 0 saturated carbocycles. The Morgan fingerprint density at radius 3 is 2.31 bits per heavy atom. The molecular weight excluding hydrogens is 240 g/mol. The topological polar surface area (TPSA) is 99.7 Å². The molecule has 0 rings (SSSR count). The summed E-state index contributed by atoms with van der Waals surface area (Å²) in [4.78, 5) is 0. The van der Waals surface area contributed by atoms with Gasteiger partial charge < -0.3 is 11.5 Å². The van der Waals surface area contributed by atoms with Crippen LogP contribution in [0.2, 0.25) is 0 Å². The highest BCUT2D eigenvalue weighted by Crippen LogP contribution is 2.21. The minimum atomic E-state index is 0.141. The fraction of sp³-hybridized carbons (Fsp3) is 0.800. The van der Waals surface area contributed by atoms with Crippen LogP contribution in [0.25, 0.3) is 0 Å². The molecule has 16 heavy (non-hydrogen) atoms. The lowest BCUT2D eigenvalue weighted by molar-refractivity contribution is 0.633. The smallest absolute Gasteiger partial charge is 0.151 e. The predicted octanol–water partition coefficient (Wildman–Crippen LogP) is 2.58. The summed E-state index contributed by atoms with van der Waals surface area (Å²) in [6.07, 6.45) is 5.93. The van der Waals surface area contributed by atoms with E-state index in [1.165, 1.54) is 42.8 Å². The molecule has 1 unspecified atom stereocenters. The van der Waals surface area contributed by atoms with Crippen molar-refractivity contribution in [3.63, 3.8) is 0 Å². The number of unbranched alkanes of at least 4 members (excludes halogenated alkanes) is 3. The van der Waals surface area contributed by atoms with Gasteiger partial charge in [-0.25, -0.2) is 0 Å². The van der Waals surface area contributed by atoms with Gasteiger partial charge >= 0.3 is 0 Å². The Balaban J connectivity index is 3.80. The first-order chi connectivity index (χ1) is 7.56. The van der Waals surface area contributed by atoms with Crippen LogP contribution >= 0.6 is 23.5 Å². The normalized spacial score (nSPS) is 12.3. The van der Waals surface area contributed by atoms with E-state index in [9.17, 15) is 0 Å². The lowest BCUT2D eigenvalue weighted by atomic mass is 10.1. The van der Waals surface area contributed by atoms with Crippen LogP contribution in [0.15, 0.2) is 0 Å². The molecule has 0 aromatic heterocycles. The monoisotopic (exact) mass is 262 g/mol. The maximum Gasteiger partial charge on any atom is 0.151 e. The standard InChI is InChI=1S/C10H22N4S2/c1-2-3-4-5-6-8(16-10(13)14)7-15-9(11)12/h8H,2-7H2,1H3,(H3,11,12)(H3,13,14). The Bertz CT molecular complexity index is 221. The largest absolute Gasteiger partial charge is 0.379 e. The molecule has 1 atom stereocenters. The number of hydrogen-bond acceptors (Lipinski definition) is 4. The zero-order chi connectivity index (χ0) is 12.4. The van der Waals surface area contributed by atoms with Crippen LogP contribution in [0.4, 0.5) is 0 Å². The maximum absolute atomic E-state index is 7.27. The molecule has 0 fully saturated rings. The molecule has 0 spiro atoms. The molecule has 0 radical (unpaired) electrons. The summed E-state index contributed by atoms with van der Waals surface area (Å²) in [6.45, 7) is 2.19. The molecule has 0 aromatic carbocycles. The van der Waals surface area contributed by atoms with E-state index >= 15 is 0 Å². The molecule has 0 heterocycles. The number of nitrogens with two attached hydrogens (primary N) is 2. The molecule has 4 nitrogen and oxygen atoms in total. The second-order valence-corrected chi connectivity index (χ2v) is 6.03. The number of amidine groups is 2. The van der Waals surface area contributed by atoms with Crippen molar-refractivity contribution in [3.05, 3.63) is 0 Å². The van der Waals surface area contributed by atoms with Gasteiger partial charge in [-0.2, -0.15) is 0 Å². The van der Waals surface area contributed by atoms with Crippen LogP contribution in [0.3, 0.4) is 0 Å². The van der Waals surface area contributed by atoms with Gasteiger partial charge in [-0.1, -0.05) is 56.1 Å². The lowest BCUT2D eigenvalue weighted by Gasteiger charge is -2.14. The molecule has 0 aliphatic rings. The molecule has 0 aliphatic carbocycles. The number of thioether (sulfide) groups is 2. The summed E-state index contributed by atoms with van der Waals surface area (Å²) in [5.41, 5.74) is 10.7. The third-order valence-electron chi connectivity index (χ3n) is 2.10. The molecule has 0 aromatic rings. The quantitative estimate of drug-likeness (QED) is 0.307. The van der Waals surface area contributed by atoms with Crippen molar-refractivity contribution >= 4 is 33.9 Å². The van der Waals surface area contributed by atoms with E-state index in [0.717, 1.165) is 18.6 Å². The van der Waals surface area contributed by atoms with Crippen molar-refractivity contribution in [1.82, 2.24) is 0 Å². The summed E-state index contributed by atoms with van der Waals surface area (Å²) < 4.78 is 0. The van der Waals surface area contributed by atoms with Gasteiger partial charge in [0, 0.05) is 11.0 Å². The van der Waals surface area contributed by atoms with Gasteiger partial charge in [0.1, 0.15) is 0 Å². The minimum Gasteiger partial charge on any atom is -0.379 e. The Kier molecular flexibility index (Phi) is 9.62. The molecule has 6 heteroatoms. The fourth-order valence-corrected chi connectivity index (χ4v) is 2.99. The van der Waals surface area contributed by atoms with E-state index in [-0.39, 0.29) is 10.3 Å². The van der Waals surface area contributed by atoms with E-state index in [2.05, 4.69) is 6.92 Å². The lowest BCUT2D eigenvalue weighted by Crippen LogP contribution is -2.17. The Morgan fingerprint density at radius 2 is 1.81 bits per heavy atom. The van der Waals surface area contributed by atoms with Gasteiger partial charge in [0.2, 0.25) is 0 Å². The average molecular weight is 262 g/mol. The van der Waals surface area contributed by atoms with E-state index in [1.807, 2.05) is 0 Å². The van der Waals surface area contributed by atoms with E-state index in [4.69, 9.17) is 22.3 Å². The minimum absolute atomic E-state index is 0.141. The average Bonchev–Trinajstić information content (AvgIpc) is 2.19. The number of nitrogens with one attached hydrogen (secondary N) is 2. The first kappa shape index (κ1) is 15.6. The van der Waals surface area contributed by atoms with Gasteiger partial charge in [-0.15, -0.1) is 0 Å². The summed E-state index contributed by atoms with van der Waals surface area (Å²) in [7, 11) is 0. The Labute approximate surface area is 106 Å². The third-order valence-corrected chi connectivity index (χ3v) is 4.18. The van der Waals surface area contributed by atoms with Crippen molar-refractivity contribution in [1.29, 1.82) is 10.8 Å². The van der Waals surface area contributed by atoms with Gasteiger partial charge in [0.05, 0.1) is 0 Å². The van der Waals surface area contributed by atoms with Crippen LogP contribution in [0.1, 0.15) is 39.0 Å². The van der Waals surface area contributed by atoms with Crippen molar-refractivity contribution in [2.45, 2.75) is 44.3 Å². The number of hydrogen-bond donors (Lipinski definition) is 4. The SMILES string of the molecule is CCCCCCC(CSC(=N)N)SC(=N)N. The second kappa shape index (κ2) is 9.84. The van der Waals surface area contributed by atoms with Crippen LogP contribution in [-0.2, 0) is 0 Å². The van der Waals surface area contributed by atoms with Crippen LogP contribution in [0.5, 0.6) is 0 Å². The predicted molar refractivity (Wildman–Crippen MR) is 76.4 cm³/mol. The van der Waals surface area contributed by atoms with Gasteiger partial charge in [0.15, 0.2) is 10.3 Å². The summed E-state index contributed by atoms with van der Waals surface area (Å²) >= 11 is 2.72. The van der Waals surface area contributed by atoms with Gasteiger partial charge in [0.25, 0.3) is 0 Å². The zero-order valence-corrected chi connectivity index (χ0v) is 11.4. The van der Waals surface area contributed by atoms with Crippen molar-refractivity contribution in [2.75, 3.05) is 5.75 Å². The molecule has 6 N–H and O–H groups in total. The summed E-state index contributed by atoms with van der Waals surface area (Å²) in [5, 5.41) is 15.0. The van der Waals surface area contributed by atoms with E-state index in [0.29, 0.717) is 5.25 Å². The molecule has 0 saturated heterocycles. The molecule has 0 aliphatic heterocycles. The van der Waals surface area contributed by atoms with E-state index < -0.39 is 0 Å². The molecule has 0 bridgehead atoms. The van der Waals surface area contributed by atoms with Gasteiger partial charge in [-0.3, -0.25) is 10.8 Å². The van der Waals surface area contributed by atoms with Crippen molar-refractivity contribution in [2.24, 2.45) is 11.5 Å². The fourth-order valence-electron chi connectivity index (χ4n) is 1.34. The van der Waals surface area contributed by atoms with Crippen LogP contribution < -0.4 is 11.5 Å². The van der Waals surface area contributed by atoms with Gasteiger partial charge in [-0.05, 0) is 6.42 Å². The van der Waals surface area contributed by atoms with Crippen molar-refractivity contribution < 1.29 is 0 Å². The maximum atomic E-state index is 7.27. The molecule has 94 valence electrons. The van der Waals surface area contributed by atoms with Crippen LogP contribution in [0, 0.1) is 10.8 Å². The Morgan fingerprint density at radius 1 is 1.12 bits per heavy atom. The Hall–Kier alpha value is -0.360. The highest BCUT2D eigenvalue weighted by molar-refractivity contribution is 8.17. The highest BCUT2D eigenvalue weighted by Gasteiger charge is 2.11. The third kappa shape index (κ3) is 10.2.